The molecule has 0 aliphatic heterocycles. The fraction of sp³-hybridized carbons (Fsp3) is 0.333. The van der Waals surface area contributed by atoms with Gasteiger partial charge in [0, 0.05) is 5.02 Å². The Hall–Kier alpha value is -1.66. The molecule has 1 rings (SSSR count). The number of carbonyl (C=O) groups is 2. The van der Waals surface area contributed by atoms with Crippen molar-refractivity contribution in [2.45, 2.75) is 6.92 Å². The SMILES string of the molecule is CCN(CC(=O)O)CC(=O)Nc1ccc(Cl)cc1F. The highest BCUT2D eigenvalue weighted by Gasteiger charge is 2.13. The monoisotopic (exact) mass is 288 g/mol. The molecule has 0 aliphatic rings. The average Bonchev–Trinajstić information content (AvgIpc) is 2.31. The molecule has 1 aromatic rings. The maximum Gasteiger partial charge on any atom is 0.317 e. The largest absolute Gasteiger partial charge is 0.480 e. The number of anilines is 1. The Labute approximate surface area is 115 Å². The van der Waals surface area contributed by atoms with Gasteiger partial charge in [0.2, 0.25) is 5.91 Å². The number of hydrogen-bond acceptors (Lipinski definition) is 3. The molecule has 1 amide bonds. The second-order valence-corrected chi connectivity index (χ2v) is 4.31. The number of amides is 1. The number of aliphatic carboxylic acids is 1. The standard InChI is InChI=1S/C12H14ClFN2O3/c1-2-16(7-12(18)19)6-11(17)15-10-4-3-8(13)5-9(10)14/h3-5H,2,6-7H2,1H3,(H,15,17)(H,18,19). The van der Waals surface area contributed by atoms with Crippen molar-refractivity contribution in [2.24, 2.45) is 0 Å². The van der Waals surface area contributed by atoms with E-state index in [0.717, 1.165) is 6.07 Å². The quantitative estimate of drug-likeness (QED) is 0.838. The minimum Gasteiger partial charge on any atom is -0.480 e. The lowest BCUT2D eigenvalue weighted by atomic mass is 10.3. The number of rotatable bonds is 6. The van der Waals surface area contributed by atoms with Crippen LogP contribution < -0.4 is 5.32 Å². The Kier molecular flexibility index (Phi) is 5.72. The van der Waals surface area contributed by atoms with Crippen LogP contribution in [0.3, 0.4) is 0 Å². The molecule has 104 valence electrons. The van der Waals surface area contributed by atoms with Crippen LogP contribution in [0.2, 0.25) is 5.02 Å². The molecular weight excluding hydrogens is 275 g/mol. The smallest absolute Gasteiger partial charge is 0.317 e. The van der Waals surface area contributed by atoms with Crippen LogP contribution in [0.4, 0.5) is 10.1 Å². The van der Waals surface area contributed by atoms with Gasteiger partial charge in [0.15, 0.2) is 0 Å². The average molecular weight is 289 g/mol. The summed E-state index contributed by atoms with van der Waals surface area (Å²) in [6.07, 6.45) is 0. The Balaban J connectivity index is 2.61. The number of nitrogens with zero attached hydrogens (tertiary/aromatic N) is 1. The number of carbonyl (C=O) groups excluding carboxylic acids is 1. The highest BCUT2D eigenvalue weighted by molar-refractivity contribution is 6.30. The normalized spacial score (nSPS) is 10.5. The molecule has 0 unspecified atom stereocenters. The zero-order chi connectivity index (χ0) is 14.4. The molecule has 5 nitrogen and oxygen atoms in total. The molecule has 0 heterocycles. The molecule has 0 aliphatic carbocycles. The first-order valence-electron chi connectivity index (χ1n) is 5.61. The number of hydrogen-bond donors (Lipinski definition) is 2. The van der Waals surface area contributed by atoms with E-state index in [2.05, 4.69) is 5.32 Å². The van der Waals surface area contributed by atoms with Crippen molar-refractivity contribution >= 4 is 29.2 Å². The van der Waals surface area contributed by atoms with Gasteiger partial charge in [0.1, 0.15) is 5.82 Å². The summed E-state index contributed by atoms with van der Waals surface area (Å²) in [4.78, 5) is 23.6. The van der Waals surface area contributed by atoms with Gasteiger partial charge < -0.3 is 10.4 Å². The van der Waals surface area contributed by atoms with Crippen molar-refractivity contribution in [2.75, 3.05) is 25.0 Å². The summed E-state index contributed by atoms with van der Waals surface area (Å²) in [5.41, 5.74) is 0.0146. The van der Waals surface area contributed by atoms with E-state index < -0.39 is 17.7 Å². The molecule has 2 N–H and O–H groups in total. The summed E-state index contributed by atoms with van der Waals surface area (Å²) in [5, 5.41) is 11.2. The van der Waals surface area contributed by atoms with Crippen molar-refractivity contribution in [3.05, 3.63) is 29.0 Å². The van der Waals surface area contributed by atoms with E-state index in [9.17, 15) is 14.0 Å². The van der Waals surface area contributed by atoms with E-state index in [1.807, 2.05) is 0 Å². The lowest BCUT2D eigenvalue weighted by Crippen LogP contribution is -2.36. The van der Waals surface area contributed by atoms with E-state index in [4.69, 9.17) is 16.7 Å². The van der Waals surface area contributed by atoms with Crippen LogP contribution in [0.25, 0.3) is 0 Å². The van der Waals surface area contributed by atoms with Crippen LogP contribution >= 0.6 is 11.6 Å². The molecule has 0 fully saturated rings. The zero-order valence-corrected chi connectivity index (χ0v) is 11.1. The molecular formula is C12H14ClFN2O3. The van der Waals surface area contributed by atoms with Crippen molar-refractivity contribution < 1.29 is 19.1 Å². The van der Waals surface area contributed by atoms with Gasteiger partial charge in [-0.2, -0.15) is 0 Å². The predicted molar refractivity (Wildman–Crippen MR) is 69.8 cm³/mol. The maximum atomic E-state index is 13.4. The summed E-state index contributed by atoms with van der Waals surface area (Å²) in [5.74, 6) is -2.14. The van der Waals surface area contributed by atoms with Gasteiger partial charge in [0.05, 0.1) is 18.8 Å². The van der Waals surface area contributed by atoms with E-state index in [1.54, 1.807) is 6.92 Å². The second-order valence-electron chi connectivity index (χ2n) is 3.87. The first-order valence-corrected chi connectivity index (χ1v) is 5.99. The lowest BCUT2D eigenvalue weighted by Gasteiger charge is -2.17. The van der Waals surface area contributed by atoms with Crippen LogP contribution in [0, 0.1) is 5.82 Å². The summed E-state index contributed by atoms with van der Waals surface area (Å²) in [7, 11) is 0. The van der Waals surface area contributed by atoms with Crippen molar-refractivity contribution in [3.8, 4) is 0 Å². The number of benzene rings is 1. The summed E-state index contributed by atoms with van der Waals surface area (Å²) in [6.45, 7) is 1.78. The third-order valence-electron chi connectivity index (χ3n) is 2.38. The number of likely N-dealkylation sites (N-methyl/N-ethyl adjacent to an activating group) is 1. The van der Waals surface area contributed by atoms with Gasteiger partial charge in [-0.1, -0.05) is 18.5 Å². The third-order valence-corrected chi connectivity index (χ3v) is 2.61. The molecule has 19 heavy (non-hydrogen) atoms. The van der Waals surface area contributed by atoms with Gasteiger partial charge in [-0.3, -0.25) is 14.5 Å². The Morgan fingerprint density at radius 1 is 1.42 bits per heavy atom. The van der Waals surface area contributed by atoms with E-state index in [1.165, 1.54) is 17.0 Å². The van der Waals surface area contributed by atoms with Gasteiger partial charge in [-0.05, 0) is 24.7 Å². The van der Waals surface area contributed by atoms with Gasteiger partial charge >= 0.3 is 5.97 Å². The third kappa shape index (κ3) is 5.23. The van der Waals surface area contributed by atoms with Crippen LogP contribution in [-0.2, 0) is 9.59 Å². The van der Waals surface area contributed by atoms with Crippen molar-refractivity contribution in [1.82, 2.24) is 4.90 Å². The Bertz CT molecular complexity index is 482. The number of carboxylic acids is 1. The summed E-state index contributed by atoms with van der Waals surface area (Å²) >= 11 is 5.59. The van der Waals surface area contributed by atoms with Crippen molar-refractivity contribution in [3.63, 3.8) is 0 Å². The number of halogens is 2. The van der Waals surface area contributed by atoms with Gasteiger partial charge in [-0.15, -0.1) is 0 Å². The highest BCUT2D eigenvalue weighted by Crippen LogP contribution is 2.18. The number of carboxylic acid groups (broad SMARTS) is 1. The zero-order valence-electron chi connectivity index (χ0n) is 10.3. The second kappa shape index (κ2) is 7.06. The minimum atomic E-state index is -1.02. The molecule has 0 aromatic heterocycles. The molecule has 7 heteroatoms. The number of nitrogens with one attached hydrogen (secondary N) is 1. The fourth-order valence-electron chi connectivity index (χ4n) is 1.45. The summed E-state index contributed by atoms with van der Waals surface area (Å²) < 4.78 is 13.4. The molecule has 0 saturated heterocycles. The molecule has 0 atom stereocenters. The molecule has 0 bridgehead atoms. The molecule has 0 saturated carbocycles. The predicted octanol–water partition coefficient (Wildman–Crippen LogP) is 1.82. The first-order chi connectivity index (χ1) is 8.92. The van der Waals surface area contributed by atoms with Gasteiger partial charge in [0.25, 0.3) is 0 Å². The molecule has 0 radical (unpaired) electrons. The van der Waals surface area contributed by atoms with E-state index in [0.29, 0.717) is 6.54 Å². The van der Waals surface area contributed by atoms with Crippen molar-refractivity contribution in [1.29, 1.82) is 0 Å². The van der Waals surface area contributed by atoms with E-state index in [-0.39, 0.29) is 23.8 Å². The Morgan fingerprint density at radius 2 is 2.11 bits per heavy atom. The lowest BCUT2D eigenvalue weighted by molar-refractivity contribution is -0.138. The van der Waals surface area contributed by atoms with Crippen LogP contribution in [0.15, 0.2) is 18.2 Å². The van der Waals surface area contributed by atoms with Gasteiger partial charge in [-0.25, -0.2) is 4.39 Å². The van der Waals surface area contributed by atoms with E-state index >= 15 is 0 Å². The summed E-state index contributed by atoms with van der Waals surface area (Å²) in [6, 6.07) is 3.89. The fourth-order valence-corrected chi connectivity index (χ4v) is 1.61. The maximum absolute atomic E-state index is 13.4. The highest BCUT2D eigenvalue weighted by atomic mass is 35.5. The first kappa shape index (κ1) is 15.4. The molecule has 0 spiro atoms. The van der Waals surface area contributed by atoms with Crippen LogP contribution in [0.1, 0.15) is 6.92 Å². The minimum absolute atomic E-state index is 0.0146. The van der Waals surface area contributed by atoms with Crippen LogP contribution in [0.5, 0.6) is 0 Å². The Morgan fingerprint density at radius 3 is 2.63 bits per heavy atom. The van der Waals surface area contributed by atoms with Crippen LogP contribution in [-0.4, -0.2) is 41.5 Å². The topological polar surface area (TPSA) is 69.6 Å². The molecule has 1 aromatic carbocycles.